The summed E-state index contributed by atoms with van der Waals surface area (Å²) in [6, 6.07) is 3.12. The second-order valence-electron chi connectivity index (χ2n) is 5.36. The van der Waals surface area contributed by atoms with Gasteiger partial charge in [-0.2, -0.15) is 0 Å². The van der Waals surface area contributed by atoms with E-state index in [2.05, 4.69) is 10.0 Å². The van der Waals surface area contributed by atoms with Crippen molar-refractivity contribution in [3.8, 4) is 0 Å². The summed E-state index contributed by atoms with van der Waals surface area (Å²) in [6.45, 7) is 4.48. The number of hydrogen-bond acceptors (Lipinski definition) is 6. The van der Waals surface area contributed by atoms with Crippen molar-refractivity contribution >= 4 is 10.0 Å². The maximum Gasteiger partial charge on any atom is 0.274 e. The fourth-order valence-electron chi connectivity index (χ4n) is 2.11. The van der Waals surface area contributed by atoms with E-state index in [9.17, 15) is 8.42 Å². The monoisotopic (exact) mass is 318 g/mol. The van der Waals surface area contributed by atoms with Gasteiger partial charge in [-0.25, -0.2) is 13.1 Å². The summed E-state index contributed by atoms with van der Waals surface area (Å²) in [5.74, 6) is 0.569. The fourth-order valence-corrected chi connectivity index (χ4v) is 3.48. The van der Waals surface area contributed by atoms with Crippen molar-refractivity contribution in [1.82, 2.24) is 10.0 Å². The predicted molar refractivity (Wildman–Crippen MR) is 76.5 cm³/mol. The van der Waals surface area contributed by atoms with Gasteiger partial charge in [0.1, 0.15) is 5.76 Å². The molecule has 1 saturated heterocycles. The SMILES string of the molecule is COCCNCc1ccc(S(=O)(=O)NC2(C)CCOC2)o1. The minimum absolute atomic E-state index is 0.0702. The zero-order valence-corrected chi connectivity index (χ0v) is 13.2. The molecule has 8 heteroatoms. The van der Waals surface area contributed by atoms with E-state index in [1.807, 2.05) is 6.92 Å². The van der Waals surface area contributed by atoms with Crippen LogP contribution in [0.15, 0.2) is 21.6 Å². The summed E-state index contributed by atoms with van der Waals surface area (Å²) in [6.07, 6.45) is 0.651. The number of hydrogen-bond donors (Lipinski definition) is 2. The molecule has 1 fully saturated rings. The van der Waals surface area contributed by atoms with E-state index in [-0.39, 0.29) is 5.09 Å². The zero-order valence-electron chi connectivity index (χ0n) is 12.3. The van der Waals surface area contributed by atoms with Gasteiger partial charge < -0.3 is 19.2 Å². The Morgan fingerprint density at radius 2 is 2.24 bits per heavy atom. The lowest BCUT2D eigenvalue weighted by Crippen LogP contribution is -2.46. The molecule has 2 heterocycles. The molecule has 2 rings (SSSR count). The highest BCUT2D eigenvalue weighted by Gasteiger charge is 2.35. The highest BCUT2D eigenvalue weighted by atomic mass is 32.2. The lowest BCUT2D eigenvalue weighted by atomic mass is 10.0. The molecule has 0 aromatic carbocycles. The summed E-state index contributed by atoms with van der Waals surface area (Å²) < 4.78 is 42.8. The molecular weight excluding hydrogens is 296 g/mol. The predicted octanol–water partition coefficient (Wildman–Crippen LogP) is 0.473. The van der Waals surface area contributed by atoms with Crippen LogP contribution in [0.4, 0.5) is 0 Å². The first-order chi connectivity index (χ1) is 9.95. The van der Waals surface area contributed by atoms with Crippen LogP contribution in [-0.4, -0.2) is 47.4 Å². The molecule has 2 N–H and O–H groups in total. The molecular formula is C13H22N2O5S. The van der Waals surface area contributed by atoms with Gasteiger partial charge in [0, 0.05) is 20.3 Å². The van der Waals surface area contributed by atoms with E-state index in [0.717, 1.165) is 0 Å². The van der Waals surface area contributed by atoms with Crippen molar-refractivity contribution in [3.05, 3.63) is 17.9 Å². The van der Waals surface area contributed by atoms with E-state index >= 15 is 0 Å². The highest BCUT2D eigenvalue weighted by molar-refractivity contribution is 7.89. The smallest absolute Gasteiger partial charge is 0.274 e. The zero-order chi connectivity index (χ0) is 15.3. The number of ether oxygens (including phenoxy) is 2. The second-order valence-corrected chi connectivity index (χ2v) is 6.97. The fraction of sp³-hybridized carbons (Fsp3) is 0.692. The van der Waals surface area contributed by atoms with Gasteiger partial charge in [-0.3, -0.25) is 0 Å². The first-order valence-corrected chi connectivity index (χ1v) is 8.34. The van der Waals surface area contributed by atoms with E-state index in [1.54, 1.807) is 13.2 Å². The number of nitrogens with one attached hydrogen (secondary N) is 2. The minimum atomic E-state index is -3.67. The molecule has 7 nitrogen and oxygen atoms in total. The number of furan rings is 1. The summed E-state index contributed by atoms with van der Waals surface area (Å²) in [5.41, 5.74) is -0.567. The van der Waals surface area contributed by atoms with Crippen LogP contribution >= 0.6 is 0 Å². The Morgan fingerprint density at radius 3 is 2.90 bits per heavy atom. The number of sulfonamides is 1. The molecule has 1 aromatic heterocycles. The molecule has 120 valence electrons. The molecule has 1 aliphatic heterocycles. The van der Waals surface area contributed by atoms with Crippen molar-refractivity contribution in [1.29, 1.82) is 0 Å². The third kappa shape index (κ3) is 4.52. The second kappa shape index (κ2) is 6.89. The summed E-state index contributed by atoms with van der Waals surface area (Å²) in [7, 11) is -2.04. The maximum absolute atomic E-state index is 12.3. The van der Waals surface area contributed by atoms with Crippen LogP contribution in [0.2, 0.25) is 0 Å². The number of rotatable bonds is 8. The molecule has 0 amide bonds. The topological polar surface area (TPSA) is 89.8 Å². The van der Waals surface area contributed by atoms with E-state index < -0.39 is 15.6 Å². The van der Waals surface area contributed by atoms with Crippen LogP contribution in [-0.2, 0) is 26.0 Å². The molecule has 0 radical (unpaired) electrons. The molecule has 1 atom stereocenters. The van der Waals surface area contributed by atoms with Gasteiger partial charge >= 0.3 is 0 Å². The van der Waals surface area contributed by atoms with Gasteiger partial charge in [-0.05, 0) is 25.5 Å². The van der Waals surface area contributed by atoms with Crippen LogP contribution in [0, 0.1) is 0 Å². The number of methoxy groups -OCH3 is 1. The van der Waals surface area contributed by atoms with Gasteiger partial charge in [-0.15, -0.1) is 0 Å². The summed E-state index contributed by atoms with van der Waals surface area (Å²) >= 11 is 0. The van der Waals surface area contributed by atoms with Crippen LogP contribution in [0.1, 0.15) is 19.1 Å². The average molecular weight is 318 g/mol. The minimum Gasteiger partial charge on any atom is -0.447 e. The lowest BCUT2D eigenvalue weighted by Gasteiger charge is -2.22. The summed E-state index contributed by atoms with van der Waals surface area (Å²) in [5, 5.41) is 3.02. The average Bonchev–Trinajstić information content (AvgIpc) is 3.04. The van der Waals surface area contributed by atoms with Crippen molar-refractivity contribution < 1.29 is 22.3 Å². The Kier molecular flexibility index (Phi) is 5.39. The third-order valence-corrected chi connectivity index (χ3v) is 4.79. The Labute approximate surface area is 125 Å². The van der Waals surface area contributed by atoms with Crippen LogP contribution in [0.25, 0.3) is 0 Å². The van der Waals surface area contributed by atoms with Crippen LogP contribution in [0.5, 0.6) is 0 Å². The maximum atomic E-state index is 12.3. The molecule has 1 unspecified atom stereocenters. The third-order valence-electron chi connectivity index (χ3n) is 3.28. The first kappa shape index (κ1) is 16.4. The van der Waals surface area contributed by atoms with Crippen molar-refractivity contribution in [2.24, 2.45) is 0 Å². The Morgan fingerprint density at radius 1 is 1.43 bits per heavy atom. The Balaban J connectivity index is 1.95. The van der Waals surface area contributed by atoms with Crippen molar-refractivity contribution in [2.45, 2.75) is 30.5 Å². The van der Waals surface area contributed by atoms with Crippen molar-refractivity contribution in [2.75, 3.05) is 33.5 Å². The normalized spacial score (nSPS) is 22.8. The Hall–Kier alpha value is -0.930. The molecule has 0 aliphatic carbocycles. The van der Waals surface area contributed by atoms with E-state index in [0.29, 0.717) is 45.1 Å². The van der Waals surface area contributed by atoms with Gasteiger partial charge in [0.25, 0.3) is 10.0 Å². The summed E-state index contributed by atoms with van der Waals surface area (Å²) in [4.78, 5) is 0. The molecule has 1 aromatic rings. The standard InChI is InChI=1S/C13H22N2O5S/c1-13(5-7-19-10-13)15-21(16,17)12-4-3-11(20-12)9-14-6-8-18-2/h3-4,14-15H,5-10H2,1-2H3. The van der Waals surface area contributed by atoms with Gasteiger partial charge in [0.05, 0.1) is 25.3 Å². The van der Waals surface area contributed by atoms with Crippen molar-refractivity contribution in [3.63, 3.8) is 0 Å². The molecule has 0 bridgehead atoms. The van der Waals surface area contributed by atoms with E-state index in [1.165, 1.54) is 6.07 Å². The van der Waals surface area contributed by atoms with Gasteiger partial charge in [0.2, 0.25) is 5.09 Å². The molecule has 0 spiro atoms. The highest BCUT2D eigenvalue weighted by Crippen LogP contribution is 2.22. The van der Waals surface area contributed by atoms with Gasteiger partial charge in [-0.1, -0.05) is 0 Å². The van der Waals surface area contributed by atoms with Gasteiger partial charge in [0.15, 0.2) is 0 Å². The quantitative estimate of drug-likeness (QED) is 0.677. The molecule has 0 saturated carbocycles. The molecule has 1 aliphatic rings. The Bertz CT molecular complexity index is 549. The van der Waals surface area contributed by atoms with Crippen LogP contribution < -0.4 is 10.0 Å². The van der Waals surface area contributed by atoms with E-state index in [4.69, 9.17) is 13.9 Å². The first-order valence-electron chi connectivity index (χ1n) is 6.85. The van der Waals surface area contributed by atoms with Crippen LogP contribution in [0.3, 0.4) is 0 Å². The largest absolute Gasteiger partial charge is 0.447 e. The molecule has 21 heavy (non-hydrogen) atoms. The lowest BCUT2D eigenvalue weighted by molar-refractivity contribution is 0.178.